The van der Waals surface area contributed by atoms with Gasteiger partial charge in [0.2, 0.25) is 0 Å². The Labute approximate surface area is 122 Å². The molecular weight excluding hydrogens is 252 g/mol. The molecule has 1 aromatic carbocycles. The highest BCUT2D eigenvalue weighted by molar-refractivity contribution is 5.49. The van der Waals surface area contributed by atoms with Crippen LogP contribution in [-0.4, -0.2) is 38.5 Å². The lowest BCUT2D eigenvalue weighted by atomic mass is 10.1. The van der Waals surface area contributed by atoms with Crippen molar-refractivity contribution in [1.82, 2.24) is 0 Å². The number of nitrogens with zero attached hydrogens (tertiary/aromatic N) is 1. The van der Waals surface area contributed by atoms with E-state index in [-0.39, 0.29) is 0 Å². The fourth-order valence-corrected chi connectivity index (χ4v) is 2.21. The Hall–Kier alpha value is -1.26. The van der Waals surface area contributed by atoms with E-state index in [4.69, 9.17) is 15.6 Å². The molecule has 0 unspecified atom stereocenters. The molecule has 0 aliphatic rings. The first-order valence-corrected chi connectivity index (χ1v) is 7.51. The standard InChI is InChI=1S/C16H28N2O2/c1-20-16-9-7-15(8-10-16)18(13-6-11-17)12-4-2-3-5-14-19/h7-10,19H,2-6,11-14,17H2,1H3. The minimum Gasteiger partial charge on any atom is -0.497 e. The topological polar surface area (TPSA) is 58.7 Å². The lowest BCUT2D eigenvalue weighted by molar-refractivity contribution is 0.282. The van der Waals surface area contributed by atoms with Gasteiger partial charge in [0.25, 0.3) is 0 Å². The lowest BCUT2D eigenvalue weighted by Crippen LogP contribution is -2.27. The summed E-state index contributed by atoms with van der Waals surface area (Å²) in [4.78, 5) is 2.38. The SMILES string of the molecule is COc1ccc(N(CCCN)CCCCCCO)cc1. The normalized spacial score (nSPS) is 10.6. The van der Waals surface area contributed by atoms with Gasteiger partial charge in [-0.2, -0.15) is 0 Å². The van der Waals surface area contributed by atoms with Gasteiger partial charge in [-0.25, -0.2) is 0 Å². The first kappa shape index (κ1) is 16.8. The van der Waals surface area contributed by atoms with Gasteiger partial charge in [-0.05, 0) is 50.1 Å². The Balaban J connectivity index is 2.48. The van der Waals surface area contributed by atoms with Crippen LogP contribution in [0.2, 0.25) is 0 Å². The molecule has 0 bridgehead atoms. The van der Waals surface area contributed by atoms with Gasteiger partial charge in [0.15, 0.2) is 0 Å². The Bertz CT molecular complexity index is 341. The van der Waals surface area contributed by atoms with Crippen LogP contribution in [0.25, 0.3) is 0 Å². The molecule has 0 atom stereocenters. The number of unbranched alkanes of at least 4 members (excludes halogenated alkanes) is 3. The molecule has 0 radical (unpaired) electrons. The largest absolute Gasteiger partial charge is 0.497 e. The Morgan fingerprint density at radius 3 is 2.25 bits per heavy atom. The molecule has 4 heteroatoms. The molecule has 1 rings (SSSR count). The zero-order valence-electron chi connectivity index (χ0n) is 12.6. The van der Waals surface area contributed by atoms with E-state index in [9.17, 15) is 0 Å². The summed E-state index contributed by atoms with van der Waals surface area (Å²) in [6, 6.07) is 8.19. The number of benzene rings is 1. The van der Waals surface area contributed by atoms with E-state index < -0.39 is 0 Å². The average Bonchev–Trinajstić information content (AvgIpc) is 2.50. The van der Waals surface area contributed by atoms with E-state index in [0.717, 1.165) is 57.5 Å². The maximum absolute atomic E-state index is 8.78. The molecule has 0 aromatic heterocycles. The number of nitrogens with two attached hydrogens (primary N) is 1. The van der Waals surface area contributed by atoms with Crippen molar-refractivity contribution in [1.29, 1.82) is 0 Å². The van der Waals surface area contributed by atoms with Gasteiger partial charge in [-0.1, -0.05) is 12.8 Å². The van der Waals surface area contributed by atoms with Crippen LogP contribution in [0.3, 0.4) is 0 Å². The van der Waals surface area contributed by atoms with Crippen molar-refractivity contribution in [3.63, 3.8) is 0 Å². The number of methoxy groups -OCH3 is 1. The summed E-state index contributed by atoms with van der Waals surface area (Å²) in [6.07, 6.45) is 5.32. The van der Waals surface area contributed by atoms with Crippen molar-refractivity contribution in [3.05, 3.63) is 24.3 Å². The third-order valence-corrected chi connectivity index (χ3v) is 3.41. The van der Waals surface area contributed by atoms with Crippen molar-refractivity contribution in [3.8, 4) is 5.75 Å². The Morgan fingerprint density at radius 1 is 1.00 bits per heavy atom. The summed E-state index contributed by atoms with van der Waals surface area (Å²) in [5.74, 6) is 0.885. The highest BCUT2D eigenvalue weighted by atomic mass is 16.5. The van der Waals surface area contributed by atoms with Gasteiger partial charge in [-0.3, -0.25) is 0 Å². The molecule has 0 saturated heterocycles. The molecule has 114 valence electrons. The molecule has 0 aliphatic carbocycles. The van der Waals surface area contributed by atoms with Crippen LogP contribution in [0.1, 0.15) is 32.1 Å². The van der Waals surface area contributed by atoms with Gasteiger partial charge < -0.3 is 20.5 Å². The third-order valence-electron chi connectivity index (χ3n) is 3.41. The van der Waals surface area contributed by atoms with Crippen LogP contribution in [-0.2, 0) is 0 Å². The van der Waals surface area contributed by atoms with E-state index in [2.05, 4.69) is 17.0 Å². The maximum Gasteiger partial charge on any atom is 0.119 e. The second-order valence-electron chi connectivity index (χ2n) is 4.97. The van der Waals surface area contributed by atoms with Crippen LogP contribution >= 0.6 is 0 Å². The predicted octanol–water partition coefficient (Wildman–Crippen LogP) is 2.40. The number of aliphatic hydroxyl groups excluding tert-OH is 1. The minimum atomic E-state index is 0.301. The zero-order valence-corrected chi connectivity index (χ0v) is 12.6. The number of hydrogen-bond acceptors (Lipinski definition) is 4. The van der Waals surface area contributed by atoms with Crippen molar-refractivity contribution < 1.29 is 9.84 Å². The van der Waals surface area contributed by atoms with Gasteiger partial charge in [0.05, 0.1) is 7.11 Å². The molecular formula is C16H28N2O2. The molecule has 0 heterocycles. The number of rotatable bonds is 11. The van der Waals surface area contributed by atoms with Crippen molar-refractivity contribution in [2.24, 2.45) is 5.73 Å². The fraction of sp³-hybridized carbons (Fsp3) is 0.625. The third kappa shape index (κ3) is 6.26. The van der Waals surface area contributed by atoms with E-state index in [0.29, 0.717) is 6.61 Å². The highest BCUT2D eigenvalue weighted by Crippen LogP contribution is 2.20. The average molecular weight is 280 g/mol. The molecule has 20 heavy (non-hydrogen) atoms. The molecule has 1 aromatic rings. The summed E-state index contributed by atoms with van der Waals surface area (Å²) in [5, 5.41) is 8.78. The lowest BCUT2D eigenvalue weighted by Gasteiger charge is -2.25. The molecule has 4 nitrogen and oxygen atoms in total. The molecule has 0 amide bonds. The van der Waals surface area contributed by atoms with Gasteiger partial charge in [0, 0.05) is 25.4 Å². The second-order valence-corrected chi connectivity index (χ2v) is 4.97. The van der Waals surface area contributed by atoms with Gasteiger partial charge in [-0.15, -0.1) is 0 Å². The van der Waals surface area contributed by atoms with E-state index in [1.807, 2.05) is 12.1 Å². The zero-order chi connectivity index (χ0) is 14.6. The molecule has 0 aliphatic heterocycles. The number of aliphatic hydroxyl groups is 1. The Kier molecular flexibility index (Phi) is 8.83. The molecule has 0 saturated carbocycles. The summed E-state index contributed by atoms with van der Waals surface area (Å²) in [6.45, 7) is 3.05. The van der Waals surface area contributed by atoms with Gasteiger partial charge >= 0.3 is 0 Å². The quantitative estimate of drug-likeness (QED) is 0.611. The van der Waals surface area contributed by atoms with Gasteiger partial charge in [0.1, 0.15) is 5.75 Å². The van der Waals surface area contributed by atoms with E-state index in [1.54, 1.807) is 7.11 Å². The summed E-state index contributed by atoms with van der Waals surface area (Å²) >= 11 is 0. The van der Waals surface area contributed by atoms with Crippen molar-refractivity contribution in [2.75, 3.05) is 38.3 Å². The second kappa shape index (κ2) is 10.5. The van der Waals surface area contributed by atoms with Crippen LogP contribution in [0.5, 0.6) is 5.75 Å². The molecule has 3 N–H and O–H groups in total. The minimum absolute atomic E-state index is 0.301. The van der Waals surface area contributed by atoms with E-state index >= 15 is 0 Å². The summed E-state index contributed by atoms with van der Waals surface area (Å²) in [7, 11) is 1.68. The number of ether oxygens (including phenoxy) is 1. The van der Waals surface area contributed by atoms with Crippen molar-refractivity contribution in [2.45, 2.75) is 32.1 Å². The van der Waals surface area contributed by atoms with Crippen LogP contribution in [0, 0.1) is 0 Å². The number of hydrogen-bond donors (Lipinski definition) is 2. The van der Waals surface area contributed by atoms with E-state index in [1.165, 1.54) is 5.69 Å². The number of anilines is 1. The van der Waals surface area contributed by atoms with Crippen LogP contribution < -0.4 is 15.4 Å². The summed E-state index contributed by atoms with van der Waals surface area (Å²) in [5.41, 5.74) is 6.84. The highest BCUT2D eigenvalue weighted by Gasteiger charge is 2.06. The smallest absolute Gasteiger partial charge is 0.119 e. The monoisotopic (exact) mass is 280 g/mol. The predicted molar refractivity (Wildman–Crippen MR) is 84.4 cm³/mol. The van der Waals surface area contributed by atoms with Crippen LogP contribution in [0.4, 0.5) is 5.69 Å². The molecule has 0 spiro atoms. The fourth-order valence-electron chi connectivity index (χ4n) is 2.21. The van der Waals surface area contributed by atoms with Crippen molar-refractivity contribution >= 4 is 5.69 Å². The van der Waals surface area contributed by atoms with Crippen LogP contribution in [0.15, 0.2) is 24.3 Å². The molecule has 0 fully saturated rings. The first-order valence-electron chi connectivity index (χ1n) is 7.51. The first-order chi connectivity index (χ1) is 9.81. The summed E-state index contributed by atoms with van der Waals surface area (Å²) < 4.78 is 5.19. The Morgan fingerprint density at radius 2 is 1.65 bits per heavy atom. The maximum atomic E-state index is 8.78.